The van der Waals surface area contributed by atoms with Gasteiger partial charge in [-0.05, 0) is 17.7 Å². The van der Waals surface area contributed by atoms with Crippen LogP contribution in [-0.2, 0) is 9.53 Å². The molecule has 8 heteroatoms. The predicted molar refractivity (Wildman–Crippen MR) is 110 cm³/mol. The predicted octanol–water partition coefficient (Wildman–Crippen LogP) is 2.97. The second-order valence-electron chi connectivity index (χ2n) is 6.53. The first-order valence-corrected chi connectivity index (χ1v) is 10.3. The van der Waals surface area contributed by atoms with Crippen LogP contribution in [0, 0.1) is 0 Å². The number of amides is 1. The molecule has 0 saturated carbocycles. The van der Waals surface area contributed by atoms with Gasteiger partial charge in [0.05, 0.1) is 26.0 Å². The molecule has 0 aliphatic carbocycles. The maximum Gasteiger partial charge on any atom is 0.240 e. The maximum absolute atomic E-state index is 13.3. The summed E-state index contributed by atoms with van der Waals surface area (Å²) in [6, 6.07) is 17.5. The number of hydrogen-bond acceptors (Lipinski definition) is 6. The topological polar surface area (TPSA) is 69.5 Å². The Morgan fingerprint density at radius 1 is 1.14 bits per heavy atom. The number of aromatic nitrogens is 3. The molecule has 1 atom stereocenters. The van der Waals surface area contributed by atoms with Crippen molar-refractivity contribution in [3.63, 3.8) is 0 Å². The first-order chi connectivity index (χ1) is 14.3. The SMILES string of the molecule is COc1cccc(-n2cnnc2S[C@@H](C(=O)N2CCOCC2)c2ccccc2)c1. The molecule has 1 saturated heterocycles. The van der Waals surface area contributed by atoms with Crippen LogP contribution in [-0.4, -0.2) is 59.0 Å². The van der Waals surface area contributed by atoms with E-state index in [0.29, 0.717) is 31.5 Å². The maximum atomic E-state index is 13.3. The number of methoxy groups -OCH3 is 1. The van der Waals surface area contributed by atoms with Crippen LogP contribution in [0.1, 0.15) is 10.8 Å². The van der Waals surface area contributed by atoms with Crippen molar-refractivity contribution in [1.29, 1.82) is 0 Å². The van der Waals surface area contributed by atoms with Crippen molar-refractivity contribution in [3.8, 4) is 11.4 Å². The van der Waals surface area contributed by atoms with Crippen LogP contribution in [0.15, 0.2) is 66.1 Å². The number of nitrogens with zero attached hydrogens (tertiary/aromatic N) is 4. The zero-order valence-corrected chi connectivity index (χ0v) is 16.9. The summed E-state index contributed by atoms with van der Waals surface area (Å²) in [6.07, 6.45) is 1.65. The lowest BCUT2D eigenvalue weighted by atomic mass is 10.1. The van der Waals surface area contributed by atoms with Gasteiger partial charge in [0.1, 0.15) is 17.3 Å². The average Bonchev–Trinajstić information content (AvgIpc) is 3.26. The van der Waals surface area contributed by atoms with Crippen LogP contribution >= 0.6 is 11.8 Å². The fourth-order valence-corrected chi connectivity index (χ4v) is 4.30. The third-order valence-electron chi connectivity index (χ3n) is 4.72. The number of benzene rings is 2. The van der Waals surface area contributed by atoms with Gasteiger partial charge in [-0.2, -0.15) is 0 Å². The van der Waals surface area contributed by atoms with E-state index in [-0.39, 0.29) is 5.91 Å². The zero-order valence-electron chi connectivity index (χ0n) is 16.1. The van der Waals surface area contributed by atoms with Crippen molar-refractivity contribution in [2.75, 3.05) is 33.4 Å². The van der Waals surface area contributed by atoms with E-state index in [4.69, 9.17) is 9.47 Å². The first kappa shape index (κ1) is 19.5. The quantitative estimate of drug-likeness (QED) is 0.582. The molecule has 0 spiro atoms. The van der Waals surface area contributed by atoms with E-state index in [0.717, 1.165) is 17.0 Å². The largest absolute Gasteiger partial charge is 0.497 e. The van der Waals surface area contributed by atoms with Gasteiger partial charge in [0.2, 0.25) is 5.91 Å². The molecule has 1 amide bonds. The summed E-state index contributed by atoms with van der Waals surface area (Å²) in [7, 11) is 1.63. The highest BCUT2D eigenvalue weighted by Crippen LogP contribution is 2.37. The van der Waals surface area contributed by atoms with E-state index in [2.05, 4.69) is 10.2 Å². The average molecular weight is 410 g/mol. The Morgan fingerprint density at radius 3 is 2.69 bits per heavy atom. The van der Waals surface area contributed by atoms with E-state index in [1.165, 1.54) is 11.8 Å². The van der Waals surface area contributed by atoms with Gasteiger partial charge < -0.3 is 14.4 Å². The molecule has 2 aromatic carbocycles. The fourth-order valence-electron chi connectivity index (χ4n) is 3.19. The van der Waals surface area contributed by atoms with Crippen molar-refractivity contribution in [2.24, 2.45) is 0 Å². The van der Waals surface area contributed by atoms with Crippen LogP contribution in [0.5, 0.6) is 5.75 Å². The molecule has 3 aromatic rings. The second kappa shape index (κ2) is 9.11. The Balaban J connectivity index is 1.65. The molecule has 1 fully saturated rings. The number of thioether (sulfide) groups is 1. The van der Waals surface area contributed by atoms with Crippen molar-refractivity contribution in [1.82, 2.24) is 19.7 Å². The summed E-state index contributed by atoms with van der Waals surface area (Å²) < 4.78 is 12.6. The summed E-state index contributed by atoms with van der Waals surface area (Å²) in [5.74, 6) is 0.806. The molecule has 29 heavy (non-hydrogen) atoms. The minimum Gasteiger partial charge on any atom is -0.497 e. The number of carbonyl (C=O) groups is 1. The summed E-state index contributed by atoms with van der Waals surface area (Å²) in [6.45, 7) is 2.34. The van der Waals surface area contributed by atoms with Crippen molar-refractivity contribution >= 4 is 17.7 Å². The minimum absolute atomic E-state index is 0.0599. The second-order valence-corrected chi connectivity index (χ2v) is 7.60. The van der Waals surface area contributed by atoms with Crippen LogP contribution in [0.25, 0.3) is 5.69 Å². The minimum atomic E-state index is -0.414. The molecule has 0 unspecified atom stereocenters. The van der Waals surface area contributed by atoms with Gasteiger partial charge in [-0.1, -0.05) is 48.2 Å². The smallest absolute Gasteiger partial charge is 0.240 e. The Bertz CT molecular complexity index is 957. The Morgan fingerprint density at radius 2 is 1.93 bits per heavy atom. The fraction of sp³-hybridized carbons (Fsp3) is 0.286. The highest BCUT2D eigenvalue weighted by molar-refractivity contribution is 8.00. The van der Waals surface area contributed by atoms with E-state index in [1.54, 1.807) is 13.4 Å². The molecule has 0 N–H and O–H groups in total. The van der Waals surface area contributed by atoms with Gasteiger partial charge in [-0.3, -0.25) is 9.36 Å². The van der Waals surface area contributed by atoms with Gasteiger partial charge in [0.25, 0.3) is 0 Å². The van der Waals surface area contributed by atoms with Gasteiger partial charge in [-0.25, -0.2) is 0 Å². The summed E-state index contributed by atoms with van der Waals surface area (Å²) in [4.78, 5) is 15.2. The summed E-state index contributed by atoms with van der Waals surface area (Å²) >= 11 is 1.40. The molecule has 1 aliphatic rings. The Labute approximate surface area is 173 Å². The first-order valence-electron chi connectivity index (χ1n) is 9.39. The van der Waals surface area contributed by atoms with Crippen molar-refractivity contribution in [3.05, 3.63) is 66.5 Å². The lowest BCUT2D eigenvalue weighted by Crippen LogP contribution is -2.42. The Hall–Kier alpha value is -2.84. The monoisotopic (exact) mass is 410 g/mol. The number of rotatable bonds is 6. The molecule has 0 bridgehead atoms. The molecule has 7 nitrogen and oxygen atoms in total. The van der Waals surface area contributed by atoms with E-state index >= 15 is 0 Å². The van der Waals surface area contributed by atoms with Crippen LogP contribution < -0.4 is 4.74 Å². The van der Waals surface area contributed by atoms with Gasteiger partial charge >= 0.3 is 0 Å². The standard InChI is InChI=1S/C21H22N4O3S/c1-27-18-9-5-8-17(14-18)25-15-22-23-21(25)29-19(16-6-3-2-4-7-16)20(26)24-10-12-28-13-11-24/h2-9,14-15,19H,10-13H2,1H3/t19-/m1/s1. The number of carbonyl (C=O) groups excluding carboxylic acids is 1. The van der Waals surface area contributed by atoms with Crippen LogP contribution in [0.2, 0.25) is 0 Å². The lowest BCUT2D eigenvalue weighted by molar-refractivity contribution is -0.134. The van der Waals surface area contributed by atoms with Gasteiger partial charge in [-0.15, -0.1) is 10.2 Å². The highest BCUT2D eigenvalue weighted by atomic mass is 32.2. The molecule has 1 aliphatic heterocycles. The van der Waals surface area contributed by atoms with Gasteiger partial charge in [0, 0.05) is 19.2 Å². The third-order valence-corrected chi connectivity index (χ3v) is 5.92. The number of morpholine rings is 1. The molecule has 1 aromatic heterocycles. The summed E-state index contributed by atoms with van der Waals surface area (Å²) in [5, 5.41) is 8.59. The molecule has 0 radical (unpaired) electrons. The number of hydrogen-bond donors (Lipinski definition) is 0. The molecule has 4 rings (SSSR count). The normalized spacial score (nSPS) is 15.1. The molecule has 150 valence electrons. The zero-order chi connectivity index (χ0) is 20.1. The lowest BCUT2D eigenvalue weighted by Gasteiger charge is -2.30. The van der Waals surface area contributed by atoms with Gasteiger partial charge in [0.15, 0.2) is 5.16 Å². The van der Waals surface area contributed by atoms with Crippen LogP contribution in [0.4, 0.5) is 0 Å². The van der Waals surface area contributed by atoms with E-state index in [1.807, 2.05) is 64.1 Å². The van der Waals surface area contributed by atoms with Crippen molar-refractivity contribution < 1.29 is 14.3 Å². The number of ether oxygens (including phenoxy) is 2. The Kier molecular flexibility index (Phi) is 6.12. The summed E-state index contributed by atoms with van der Waals surface area (Å²) in [5.41, 5.74) is 1.82. The molecular formula is C21H22N4O3S. The third kappa shape index (κ3) is 4.44. The molecular weight excluding hydrogens is 388 g/mol. The van der Waals surface area contributed by atoms with E-state index in [9.17, 15) is 4.79 Å². The highest BCUT2D eigenvalue weighted by Gasteiger charge is 2.29. The van der Waals surface area contributed by atoms with Crippen molar-refractivity contribution in [2.45, 2.75) is 10.4 Å². The van der Waals surface area contributed by atoms with Crippen LogP contribution in [0.3, 0.4) is 0 Å². The molecule has 2 heterocycles. The van der Waals surface area contributed by atoms with E-state index < -0.39 is 5.25 Å².